The van der Waals surface area contributed by atoms with Crippen LogP contribution in [0.15, 0.2) is 5.29 Å². The summed E-state index contributed by atoms with van der Waals surface area (Å²) in [6, 6.07) is -0.657. The molecule has 0 aliphatic heterocycles. The lowest BCUT2D eigenvalue weighted by Gasteiger charge is -2.14. The van der Waals surface area contributed by atoms with Crippen molar-refractivity contribution in [1.82, 2.24) is 5.01 Å². The van der Waals surface area contributed by atoms with E-state index in [1.54, 1.807) is 0 Å². The molecule has 3 fully saturated rings. The fourth-order valence-electron chi connectivity index (χ4n) is 3.85. The average molecular weight is 195 g/mol. The molecule has 2 amide bonds. The molecular formula is C9H13N3O2. The molecule has 3 aliphatic carbocycles. The van der Waals surface area contributed by atoms with E-state index < -0.39 is 6.03 Å². The highest BCUT2D eigenvalue weighted by atomic mass is 16.3. The standard InChI is InChI=1S/C9H13N3O2/c10-9(13)12(11-14)8-6-4-1-2-5(3-4)7(6)8/h4-8H,1-3H2,(H2,10,13)/t4-,5+,6-,7+,8?. The Labute approximate surface area is 81.6 Å². The van der Waals surface area contributed by atoms with Crippen molar-refractivity contribution in [3.05, 3.63) is 4.91 Å². The molecule has 5 heteroatoms. The van der Waals surface area contributed by atoms with Gasteiger partial charge in [0.05, 0.1) is 11.3 Å². The van der Waals surface area contributed by atoms with E-state index in [1.807, 2.05) is 0 Å². The van der Waals surface area contributed by atoms with E-state index >= 15 is 0 Å². The molecule has 14 heavy (non-hydrogen) atoms. The van der Waals surface area contributed by atoms with Crippen molar-refractivity contribution in [2.45, 2.75) is 25.3 Å². The minimum Gasteiger partial charge on any atom is -0.350 e. The van der Waals surface area contributed by atoms with Gasteiger partial charge in [-0.05, 0) is 42.9 Å². The number of hydrogen-bond donors (Lipinski definition) is 1. The molecule has 0 radical (unpaired) electrons. The van der Waals surface area contributed by atoms with Crippen LogP contribution in [0.2, 0.25) is 0 Å². The summed E-state index contributed by atoms with van der Waals surface area (Å²) in [5.41, 5.74) is 5.10. The summed E-state index contributed by atoms with van der Waals surface area (Å²) >= 11 is 0. The maximum absolute atomic E-state index is 10.9. The maximum Gasteiger partial charge on any atom is 0.338 e. The smallest absolute Gasteiger partial charge is 0.338 e. The third-order valence-corrected chi connectivity index (χ3v) is 4.29. The van der Waals surface area contributed by atoms with Crippen LogP contribution in [0.25, 0.3) is 0 Å². The summed E-state index contributed by atoms with van der Waals surface area (Å²) in [4.78, 5) is 21.4. The molecule has 0 spiro atoms. The number of nitroso groups, excluding NO2 is 1. The summed E-state index contributed by atoms with van der Waals surface area (Å²) in [7, 11) is 0. The van der Waals surface area contributed by atoms with Crippen molar-refractivity contribution in [3.8, 4) is 0 Å². The zero-order chi connectivity index (χ0) is 9.87. The highest BCUT2D eigenvalue weighted by Gasteiger charge is 2.68. The SMILES string of the molecule is NC(=O)N(N=O)C1[C@@H]2[C@@H]3CC[C@@H](C3)[C@H]12. The lowest BCUT2D eigenvalue weighted by Crippen LogP contribution is -2.35. The lowest BCUT2D eigenvalue weighted by atomic mass is 10.0. The van der Waals surface area contributed by atoms with Gasteiger partial charge in [0.2, 0.25) is 0 Å². The van der Waals surface area contributed by atoms with Gasteiger partial charge in [-0.2, -0.15) is 5.01 Å². The Bertz CT molecular complexity index is 290. The van der Waals surface area contributed by atoms with E-state index in [0.717, 1.165) is 16.8 Å². The van der Waals surface area contributed by atoms with Gasteiger partial charge in [-0.25, -0.2) is 4.79 Å². The molecule has 3 rings (SSSR count). The molecule has 2 N–H and O–H groups in total. The fourth-order valence-corrected chi connectivity index (χ4v) is 3.85. The Balaban J connectivity index is 1.78. The van der Waals surface area contributed by atoms with Crippen LogP contribution >= 0.6 is 0 Å². The fraction of sp³-hybridized carbons (Fsp3) is 0.889. The number of urea groups is 1. The van der Waals surface area contributed by atoms with Crippen LogP contribution in [0, 0.1) is 28.6 Å². The summed E-state index contributed by atoms with van der Waals surface area (Å²) in [6.45, 7) is 0. The zero-order valence-electron chi connectivity index (χ0n) is 7.80. The Morgan fingerprint density at radius 3 is 2.29 bits per heavy atom. The summed E-state index contributed by atoms with van der Waals surface area (Å²) in [6.07, 6.45) is 3.80. The van der Waals surface area contributed by atoms with Gasteiger partial charge in [0.15, 0.2) is 0 Å². The molecule has 0 heterocycles. The third kappa shape index (κ3) is 0.823. The van der Waals surface area contributed by atoms with Crippen LogP contribution in [0.3, 0.4) is 0 Å². The monoisotopic (exact) mass is 195 g/mol. The average Bonchev–Trinajstić information content (AvgIpc) is 2.57. The summed E-state index contributed by atoms with van der Waals surface area (Å²) in [5.74, 6) is 2.50. The van der Waals surface area contributed by atoms with Crippen LogP contribution in [0.5, 0.6) is 0 Å². The van der Waals surface area contributed by atoms with Crippen LogP contribution in [0.1, 0.15) is 19.3 Å². The number of nitrogens with two attached hydrogens (primary N) is 1. The minimum atomic E-state index is -0.696. The van der Waals surface area contributed by atoms with Crippen molar-refractivity contribution in [2.24, 2.45) is 34.7 Å². The van der Waals surface area contributed by atoms with E-state index in [-0.39, 0.29) is 6.04 Å². The highest BCUT2D eigenvalue weighted by molar-refractivity contribution is 5.72. The Hall–Kier alpha value is -1.13. The lowest BCUT2D eigenvalue weighted by molar-refractivity contribution is 0.194. The molecule has 0 saturated heterocycles. The predicted molar refractivity (Wildman–Crippen MR) is 48.8 cm³/mol. The molecule has 5 nitrogen and oxygen atoms in total. The first kappa shape index (κ1) is 8.20. The van der Waals surface area contributed by atoms with Crippen molar-refractivity contribution in [1.29, 1.82) is 0 Å². The Morgan fingerprint density at radius 2 is 1.86 bits per heavy atom. The summed E-state index contributed by atoms with van der Waals surface area (Å²) < 4.78 is 0. The normalized spacial score (nSPS) is 47.3. The molecular weight excluding hydrogens is 182 g/mol. The molecule has 3 saturated carbocycles. The second kappa shape index (κ2) is 2.46. The van der Waals surface area contributed by atoms with Crippen molar-refractivity contribution < 1.29 is 4.79 Å². The molecule has 76 valence electrons. The number of hydrogen-bond acceptors (Lipinski definition) is 3. The number of fused-ring (bicyclic) bond motifs is 5. The van der Waals surface area contributed by atoms with Crippen LogP contribution in [-0.2, 0) is 0 Å². The third-order valence-electron chi connectivity index (χ3n) is 4.29. The number of primary amides is 1. The first-order chi connectivity index (χ1) is 6.74. The topological polar surface area (TPSA) is 75.8 Å². The van der Waals surface area contributed by atoms with E-state index in [1.165, 1.54) is 19.3 Å². The summed E-state index contributed by atoms with van der Waals surface area (Å²) in [5, 5.41) is 3.70. The van der Waals surface area contributed by atoms with Gasteiger partial charge in [-0.1, -0.05) is 0 Å². The number of amides is 2. The number of carbonyl (C=O) groups is 1. The van der Waals surface area contributed by atoms with Gasteiger partial charge >= 0.3 is 6.03 Å². The van der Waals surface area contributed by atoms with E-state index in [4.69, 9.17) is 5.73 Å². The van der Waals surface area contributed by atoms with Gasteiger partial charge in [0, 0.05) is 0 Å². The van der Waals surface area contributed by atoms with E-state index in [9.17, 15) is 9.70 Å². The second-order valence-corrected chi connectivity index (χ2v) is 4.74. The molecule has 0 aromatic rings. The highest BCUT2D eigenvalue weighted by Crippen LogP contribution is 2.67. The van der Waals surface area contributed by atoms with E-state index in [2.05, 4.69) is 5.29 Å². The van der Waals surface area contributed by atoms with Gasteiger partial charge in [0.25, 0.3) is 0 Å². The zero-order valence-corrected chi connectivity index (χ0v) is 7.80. The van der Waals surface area contributed by atoms with Gasteiger partial charge < -0.3 is 5.73 Å². The van der Waals surface area contributed by atoms with Gasteiger partial charge in [-0.3, -0.25) is 0 Å². The second-order valence-electron chi connectivity index (χ2n) is 4.74. The molecule has 0 aromatic carbocycles. The van der Waals surface area contributed by atoms with Crippen LogP contribution < -0.4 is 5.73 Å². The Kier molecular flexibility index (Phi) is 1.44. The van der Waals surface area contributed by atoms with Crippen LogP contribution in [-0.4, -0.2) is 17.1 Å². The van der Waals surface area contributed by atoms with E-state index in [0.29, 0.717) is 11.8 Å². The number of carbonyl (C=O) groups excluding carboxylic acids is 1. The maximum atomic E-state index is 10.9. The van der Waals surface area contributed by atoms with Crippen LogP contribution in [0.4, 0.5) is 4.79 Å². The largest absolute Gasteiger partial charge is 0.350 e. The molecule has 2 bridgehead atoms. The number of nitrogens with zero attached hydrogens (tertiary/aromatic N) is 2. The molecule has 5 atom stereocenters. The molecule has 0 aromatic heterocycles. The van der Waals surface area contributed by atoms with Gasteiger partial charge in [-0.15, -0.1) is 4.91 Å². The quantitative estimate of drug-likeness (QED) is 0.529. The first-order valence-electron chi connectivity index (χ1n) is 5.16. The minimum absolute atomic E-state index is 0.0382. The van der Waals surface area contributed by atoms with Crippen molar-refractivity contribution in [2.75, 3.05) is 0 Å². The molecule has 1 unspecified atom stereocenters. The first-order valence-corrected chi connectivity index (χ1v) is 5.16. The van der Waals surface area contributed by atoms with Crippen molar-refractivity contribution in [3.63, 3.8) is 0 Å². The van der Waals surface area contributed by atoms with Gasteiger partial charge in [0.1, 0.15) is 0 Å². The number of rotatable bonds is 2. The predicted octanol–water partition coefficient (Wildman–Crippen LogP) is 1.09. The Morgan fingerprint density at radius 1 is 1.29 bits per heavy atom. The van der Waals surface area contributed by atoms with Crippen molar-refractivity contribution >= 4 is 6.03 Å². The molecule has 3 aliphatic rings.